The van der Waals surface area contributed by atoms with Crippen LogP contribution < -0.4 is 5.73 Å². The van der Waals surface area contributed by atoms with Gasteiger partial charge in [0.25, 0.3) is 5.91 Å². The van der Waals surface area contributed by atoms with Gasteiger partial charge < -0.3 is 15.7 Å². The molecule has 2 rings (SSSR count). The van der Waals surface area contributed by atoms with Gasteiger partial charge in [0.15, 0.2) is 0 Å². The molecule has 16 heavy (non-hydrogen) atoms. The first-order valence-corrected chi connectivity index (χ1v) is 5.35. The third-order valence-corrected chi connectivity index (χ3v) is 2.62. The SMILES string of the molecule is Nc1ccc(C(=O)N(CCO)C2CC2)cn1. The highest BCUT2D eigenvalue weighted by Crippen LogP contribution is 2.27. The molecule has 0 unspecified atom stereocenters. The van der Waals surface area contributed by atoms with Crippen LogP contribution in [0.15, 0.2) is 18.3 Å². The second-order valence-electron chi connectivity index (χ2n) is 3.93. The molecule has 5 heteroatoms. The Bertz CT molecular complexity index is 373. The van der Waals surface area contributed by atoms with Gasteiger partial charge in [0.05, 0.1) is 12.2 Å². The fraction of sp³-hybridized carbons (Fsp3) is 0.455. The van der Waals surface area contributed by atoms with Crippen molar-refractivity contribution in [3.05, 3.63) is 23.9 Å². The van der Waals surface area contributed by atoms with E-state index in [4.69, 9.17) is 10.8 Å². The average Bonchev–Trinajstić information content (AvgIpc) is 3.10. The van der Waals surface area contributed by atoms with Gasteiger partial charge in [0.1, 0.15) is 5.82 Å². The van der Waals surface area contributed by atoms with E-state index in [2.05, 4.69) is 4.98 Å². The topological polar surface area (TPSA) is 79.5 Å². The summed E-state index contributed by atoms with van der Waals surface area (Å²) in [6.45, 7) is 0.374. The minimum absolute atomic E-state index is 0.00928. The number of anilines is 1. The molecule has 1 aliphatic carbocycles. The molecule has 86 valence electrons. The van der Waals surface area contributed by atoms with Gasteiger partial charge in [-0.05, 0) is 25.0 Å². The van der Waals surface area contributed by atoms with Gasteiger partial charge in [-0.2, -0.15) is 0 Å². The fourth-order valence-electron chi connectivity index (χ4n) is 1.64. The lowest BCUT2D eigenvalue weighted by molar-refractivity contribution is 0.0707. The maximum Gasteiger partial charge on any atom is 0.255 e. The fourth-order valence-corrected chi connectivity index (χ4v) is 1.64. The Morgan fingerprint density at radius 3 is 2.81 bits per heavy atom. The molecule has 0 aromatic carbocycles. The molecule has 0 saturated heterocycles. The summed E-state index contributed by atoms with van der Waals surface area (Å²) in [5.74, 6) is 0.320. The van der Waals surface area contributed by atoms with Crippen LogP contribution in [-0.2, 0) is 0 Å². The Morgan fingerprint density at radius 2 is 2.31 bits per heavy atom. The normalized spacial score (nSPS) is 14.8. The molecule has 1 aromatic heterocycles. The number of aromatic nitrogens is 1. The highest BCUT2D eigenvalue weighted by Gasteiger charge is 2.32. The molecular weight excluding hydrogens is 206 g/mol. The molecule has 1 heterocycles. The van der Waals surface area contributed by atoms with Crippen LogP contribution in [0.25, 0.3) is 0 Å². The molecule has 0 spiro atoms. The minimum Gasteiger partial charge on any atom is -0.395 e. The number of carbonyl (C=O) groups is 1. The monoisotopic (exact) mass is 221 g/mol. The van der Waals surface area contributed by atoms with E-state index in [0.717, 1.165) is 12.8 Å². The van der Waals surface area contributed by atoms with Gasteiger partial charge in [-0.15, -0.1) is 0 Å². The third kappa shape index (κ3) is 2.30. The Morgan fingerprint density at radius 1 is 1.56 bits per heavy atom. The van der Waals surface area contributed by atoms with Gasteiger partial charge in [-0.25, -0.2) is 4.98 Å². The smallest absolute Gasteiger partial charge is 0.255 e. The summed E-state index contributed by atoms with van der Waals surface area (Å²) in [5.41, 5.74) is 5.98. The zero-order valence-corrected chi connectivity index (χ0v) is 8.97. The van der Waals surface area contributed by atoms with Crippen LogP contribution in [0, 0.1) is 0 Å². The minimum atomic E-state index is -0.0796. The van der Waals surface area contributed by atoms with E-state index in [0.29, 0.717) is 17.9 Å². The highest BCUT2D eigenvalue weighted by atomic mass is 16.3. The van der Waals surface area contributed by atoms with Crippen molar-refractivity contribution in [1.82, 2.24) is 9.88 Å². The summed E-state index contributed by atoms with van der Waals surface area (Å²) in [4.78, 5) is 17.7. The lowest BCUT2D eigenvalue weighted by Crippen LogP contribution is -2.35. The average molecular weight is 221 g/mol. The predicted molar refractivity (Wildman–Crippen MR) is 59.8 cm³/mol. The zero-order chi connectivity index (χ0) is 11.5. The first kappa shape index (κ1) is 10.9. The van der Waals surface area contributed by atoms with Crippen LogP contribution >= 0.6 is 0 Å². The summed E-state index contributed by atoms with van der Waals surface area (Å²) >= 11 is 0. The molecule has 0 aliphatic heterocycles. The number of nitrogens with zero attached hydrogens (tertiary/aromatic N) is 2. The van der Waals surface area contributed by atoms with E-state index in [1.165, 1.54) is 6.20 Å². The Hall–Kier alpha value is -1.62. The van der Waals surface area contributed by atoms with E-state index >= 15 is 0 Å². The number of hydrogen-bond acceptors (Lipinski definition) is 4. The van der Waals surface area contributed by atoms with Gasteiger partial charge in [0, 0.05) is 18.8 Å². The zero-order valence-electron chi connectivity index (χ0n) is 8.97. The Labute approximate surface area is 93.9 Å². The Balaban J connectivity index is 2.12. The molecule has 1 amide bonds. The van der Waals surface area contributed by atoms with Crippen LogP contribution in [-0.4, -0.2) is 40.1 Å². The third-order valence-electron chi connectivity index (χ3n) is 2.62. The molecule has 0 bridgehead atoms. The lowest BCUT2D eigenvalue weighted by atomic mass is 10.2. The van der Waals surface area contributed by atoms with Crippen LogP contribution in [0.5, 0.6) is 0 Å². The van der Waals surface area contributed by atoms with Gasteiger partial charge >= 0.3 is 0 Å². The second kappa shape index (κ2) is 4.49. The molecule has 1 aliphatic rings. The van der Waals surface area contributed by atoms with E-state index in [-0.39, 0.29) is 18.6 Å². The van der Waals surface area contributed by atoms with E-state index in [1.807, 2.05) is 0 Å². The van der Waals surface area contributed by atoms with Crippen LogP contribution in [0.1, 0.15) is 23.2 Å². The number of aliphatic hydroxyl groups excluding tert-OH is 1. The van der Waals surface area contributed by atoms with Gasteiger partial charge in [0.2, 0.25) is 0 Å². The van der Waals surface area contributed by atoms with Crippen LogP contribution in [0.4, 0.5) is 5.82 Å². The second-order valence-corrected chi connectivity index (χ2v) is 3.93. The molecule has 1 aromatic rings. The first-order valence-electron chi connectivity index (χ1n) is 5.35. The van der Waals surface area contributed by atoms with Gasteiger partial charge in [-0.1, -0.05) is 0 Å². The first-order chi connectivity index (χ1) is 7.72. The van der Waals surface area contributed by atoms with E-state index < -0.39 is 0 Å². The molecule has 5 nitrogen and oxygen atoms in total. The van der Waals surface area contributed by atoms with Crippen molar-refractivity contribution in [2.75, 3.05) is 18.9 Å². The highest BCUT2D eigenvalue weighted by molar-refractivity contribution is 5.94. The van der Waals surface area contributed by atoms with Crippen molar-refractivity contribution in [2.24, 2.45) is 0 Å². The number of nitrogen functional groups attached to an aromatic ring is 1. The number of nitrogens with two attached hydrogens (primary N) is 1. The van der Waals surface area contributed by atoms with E-state index in [9.17, 15) is 4.79 Å². The molecule has 0 atom stereocenters. The number of hydrogen-bond donors (Lipinski definition) is 2. The summed E-state index contributed by atoms with van der Waals surface area (Å²) < 4.78 is 0. The molecule has 3 N–H and O–H groups in total. The standard InChI is InChI=1S/C11H15N3O2/c12-10-4-1-8(7-13-10)11(16)14(5-6-15)9-2-3-9/h1,4,7,9,15H,2-3,5-6H2,(H2,12,13). The van der Waals surface area contributed by atoms with Crippen molar-refractivity contribution in [3.8, 4) is 0 Å². The van der Waals surface area contributed by atoms with Crippen molar-refractivity contribution < 1.29 is 9.90 Å². The maximum atomic E-state index is 12.1. The molecular formula is C11H15N3O2. The molecule has 0 radical (unpaired) electrons. The quantitative estimate of drug-likeness (QED) is 0.764. The van der Waals surface area contributed by atoms with E-state index in [1.54, 1.807) is 17.0 Å². The summed E-state index contributed by atoms with van der Waals surface area (Å²) in [6, 6.07) is 3.56. The summed E-state index contributed by atoms with van der Waals surface area (Å²) in [7, 11) is 0. The number of aliphatic hydroxyl groups is 1. The van der Waals surface area contributed by atoms with Crippen LogP contribution in [0.3, 0.4) is 0 Å². The number of carbonyl (C=O) groups excluding carboxylic acids is 1. The van der Waals surface area contributed by atoms with Crippen molar-refractivity contribution in [3.63, 3.8) is 0 Å². The van der Waals surface area contributed by atoms with Crippen molar-refractivity contribution >= 4 is 11.7 Å². The maximum absolute atomic E-state index is 12.1. The number of pyridine rings is 1. The summed E-state index contributed by atoms with van der Waals surface area (Å²) in [6.07, 6.45) is 3.52. The molecule has 1 saturated carbocycles. The Kier molecular flexibility index (Phi) is 3.05. The van der Waals surface area contributed by atoms with Crippen LogP contribution in [0.2, 0.25) is 0 Å². The largest absolute Gasteiger partial charge is 0.395 e. The van der Waals surface area contributed by atoms with Gasteiger partial charge in [-0.3, -0.25) is 4.79 Å². The lowest BCUT2D eigenvalue weighted by Gasteiger charge is -2.21. The summed E-state index contributed by atoms with van der Waals surface area (Å²) in [5, 5.41) is 8.92. The number of rotatable bonds is 4. The predicted octanol–water partition coefficient (Wildman–Crippen LogP) is 0.261. The van der Waals surface area contributed by atoms with Crippen molar-refractivity contribution in [2.45, 2.75) is 18.9 Å². The number of amides is 1. The van der Waals surface area contributed by atoms with Crippen molar-refractivity contribution in [1.29, 1.82) is 0 Å². The molecule has 1 fully saturated rings.